The maximum absolute atomic E-state index is 13.6. The van der Waals surface area contributed by atoms with E-state index in [0.717, 1.165) is 11.8 Å². The molecule has 3 rings (SSSR count). The van der Waals surface area contributed by atoms with Crippen molar-refractivity contribution in [3.8, 4) is 0 Å². The molecule has 11 heteroatoms. The number of thioether (sulfide) groups is 1. The van der Waals surface area contributed by atoms with E-state index >= 15 is 0 Å². The van der Waals surface area contributed by atoms with Gasteiger partial charge in [-0.2, -0.15) is 0 Å². The van der Waals surface area contributed by atoms with Gasteiger partial charge in [-0.25, -0.2) is 4.39 Å². The summed E-state index contributed by atoms with van der Waals surface area (Å²) in [5.74, 6) is -0.684. The average molecular weight is 419 g/mol. The van der Waals surface area contributed by atoms with Gasteiger partial charge < -0.3 is 10.6 Å². The minimum atomic E-state index is -0.495. The third-order valence-electron chi connectivity index (χ3n) is 3.54. The van der Waals surface area contributed by atoms with E-state index in [-0.39, 0.29) is 23.0 Å². The van der Waals surface area contributed by atoms with Crippen LogP contribution >= 0.6 is 23.1 Å². The standard InChI is InChI=1S/C17H14FN5O3S2/c1-10-6-7-11(8-14(10)23(25)26)19-15(24)9-27-17-22-21-16(28-17)20-13-5-3-2-4-12(13)18/h2-8H,9H2,1H3,(H,19,24)(H,20,21). The molecule has 0 radical (unpaired) electrons. The Balaban J connectivity index is 1.55. The second-order valence-corrected chi connectivity index (χ2v) is 7.77. The number of carbonyl (C=O) groups is 1. The molecule has 0 aliphatic carbocycles. The number of rotatable bonds is 7. The summed E-state index contributed by atoms with van der Waals surface area (Å²) < 4.78 is 14.2. The van der Waals surface area contributed by atoms with Crippen molar-refractivity contribution >= 4 is 51.2 Å². The average Bonchev–Trinajstić information content (AvgIpc) is 3.11. The van der Waals surface area contributed by atoms with Gasteiger partial charge in [-0.05, 0) is 25.1 Å². The monoisotopic (exact) mass is 419 g/mol. The van der Waals surface area contributed by atoms with E-state index in [1.165, 1.54) is 23.5 Å². The molecule has 3 aromatic rings. The summed E-state index contributed by atoms with van der Waals surface area (Å²) in [6.45, 7) is 1.63. The van der Waals surface area contributed by atoms with Crippen LogP contribution in [0.4, 0.5) is 26.6 Å². The van der Waals surface area contributed by atoms with Crippen molar-refractivity contribution in [2.24, 2.45) is 0 Å². The van der Waals surface area contributed by atoms with E-state index in [1.54, 1.807) is 37.3 Å². The van der Waals surface area contributed by atoms with Gasteiger partial charge >= 0.3 is 0 Å². The molecule has 0 unspecified atom stereocenters. The molecule has 2 aromatic carbocycles. The number of nitrogens with one attached hydrogen (secondary N) is 2. The Hall–Kier alpha value is -3.05. The summed E-state index contributed by atoms with van der Waals surface area (Å²) in [6, 6.07) is 10.7. The molecule has 2 N–H and O–H groups in total. The topological polar surface area (TPSA) is 110 Å². The Bertz CT molecular complexity index is 1030. The Labute approximate surface area is 167 Å². The van der Waals surface area contributed by atoms with Gasteiger partial charge in [0.1, 0.15) is 5.82 Å². The van der Waals surface area contributed by atoms with Crippen molar-refractivity contribution in [1.29, 1.82) is 0 Å². The van der Waals surface area contributed by atoms with Crippen LogP contribution in [0.1, 0.15) is 5.56 Å². The summed E-state index contributed by atoms with van der Waals surface area (Å²) in [4.78, 5) is 22.6. The molecule has 1 amide bonds. The quantitative estimate of drug-likeness (QED) is 0.332. The lowest BCUT2D eigenvalue weighted by Crippen LogP contribution is -2.14. The fourth-order valence-corrected chi connectivity index (χ4v) is 3.77. The van der Waals surface area contributed by atoms with Crippen LogP contribution in [-0.4, -0.2) is 26.8 Å². The van der Waals surface area contributed by atoms with Gasteiger partial charge in [0.15, 0.2) is 4.34 Å². The van der Waals surface area contributed by atoms with E-state index in [0.29, 0.717) is 20.7 Å². The Morgan fingerprint density at radius 3 is 2.82 bits per heavy atom. The number of amides is 1. The first-order valence-electron chi connectivity index (χ1n) is 7.95. The van der Waals surface area contributed by atoms with Crippen LogP contribution in [0.3, 0.4) is 0 Å². The van der Waals surface area contributed by atoms with Crippen LogP contribution in [0, 0.1) is 22.9 Å². The third-order valence-corrected chi connectivity index (χ3v) is 5.51. The molecule has 0 aliphatic rings. The lowest BCUT2D eigenvalue weighted by molar-refractivity contribution is -0.385. The van der Waals surface area contributed by atoms with E-state index in [2.05, 4.69) is 20.8 Å². The fraction of sp³-hybridized carbons (Fsp3) is 0.118. The summed E-state index contributed by atoms with van der Waals surface area (Å²) >= 11 is 2.35. The van der Waals surface area contributed by atoms with Crippen LogP contribution in [0.5, 0.6) is 0 Å². The lowest BCUT2D eigenvalue weighted by atomic mass is 10.2. The van der Waals surface area contributed by atoms with Crippen molar-refractivity contribution in [3.63, 3.8) is 0 Å². The van der Waals surface area contributed by atoms with Gasteiger partial charge in [-0.3, -0.25) is 14.9 Å². The molecule has 0 fully saturated rings. The second-order valence-electron chi connectivity index (χ2n) is 5.57. The number of benzene rings is 2. The molecule has 0 aliphatic heterocycles. The number of para-hydroxylation sites is 1. The number of nitrogens with zero attached hydrogens (tertiary/aromatic N) is 3. The van der Waals surface area contributed by atoms with Crippen molar-refractivity contribution in [1.82, 2.24) is 10.2 Å². The largest absolute Gasteiger partial charge is 0.328 e. The van der Waals surface area contributed by atoms with Crippen LogP contribution in [0.15, 0.2) is 46.8 Å². The number of hydrogen-bond acceptors (Lipinski definition) is 8. The zero-order valence-electron chi connectivity index (χ0n) is 14.5. The number of carbonyl (C=O) groups excluding carboxylic acids is 1. The van der Waals surface area contributed by atoms with Gasteiger partial charge in [0.25, 0.3) is 5.69 Å². The number of aromatic nitrogens is 2. The Kier molecular flexibility index (Phi) is 6.16. The minimum absolute atomic E-state index is 0.0516. The van der Waals surface area contributed by atoms with Gasteiger partial charge in [0.05, 0.1) is 16.4 Å². The highest BCUT2D eigenvalue weighted by Crippen LogP contribution is 2.29. The van der Waals surface area contributed by atoms with Crippen molar-refractivity contribution in [2.45, 2.75) is 11.3 Å². The smallest absolute Gasteiger partial charge is 0.274 e. The predicted octanol–water partition coefficient (Wildman–Crippen LogP) is 4.37. The Morgan fingerprint density at radius 1 is 1.29 bits per heavy atom. The van der Waals surface area contributed by atoms with Crippen molar-refractivity contribution in [2.75, 3.05) is 16.4 Å². The molecule has 0 spiro atoms. The van der Waals surface area contributed by atoms with Gasteiger partial charge in [0, 0.05) is 17.3 Å². The van der Waals surface area contributed by atoms with E-state index in [4.69, 9.17) is 0 Å². The first-order valence-corrected chi connectivity index (χ1v) is 9.75. The molecule has 1 heterocycles. The number of hydrogen-bond donors (Lipinski definition) is 2. The number of nitro benzene ring substituents is 1. The summed E-state index contributed by atoms with van der Waals surface area (Å²) in [6.07, 6.45) is 0. The maximum atomic E-state index is 13.6. The lowest BCUT2D eigenvalue weighted by Gasteiger charge is -2.05. The molecule has 144 valence electrons. The van der Waals surface area contributed by atoms with E-state index in [9.17, 15) is 19.3 Å². The van der Waals surface area contributed by atoms with E-state index in [1.807, 2.05) is 0 Å². The number of anilines is 3. The summed E-state index contributed by atoms with van der Waals surface area (Å²) in [7, 11) is 0. The zero-order chi connectivity index (χ0) is 20.1. The highest BCUT2D eigenvalue weighted by Gasteiger charge is 2.13. The summed E-state index contributed by atoms with van der Waals surface area (Å²) in [5, 5.41) is 24.7. The molecule has 0 atom stereocenters. The molecule has 28 heavy (non-hydrogen) atoms. The second kappa shape index (κ2) is 8.76. The first kappa shape index (κ1) is 19.7. The van der Waals surface area contributed by atoms with Crippen molar-refractivity contribution < 1.29 is 14.1 Å². The SMILES string of the molecule is Cc1ccc(NC(=O)CSc2nnc(Nc3ccccc3F)s2)cc1[N+](=O)[O-]. The molecular formula is C17H14FN5O3S2. The molecule has 0 saturated carbocycles. The highest BCUT2D eigenvalue weighted by atomic mass is 32.2. The van der Waals surface area contributed by atoms with E-state index < -0.39 is 10.7 Å². The predicted molar refractivity (Wildman–Crippen MR) is 107 cm³/mol. The number of aryl methyl sites for hydroxylation is 1. The van der Waals surface area contributed by atoms with Gasteiger partial charge in [-0.15, -0.1) is 10.2 Å². The van der Waals surface area contributed by atoms with Crippen LogP contribution in [0.25, 0.3) is 0 Å². The highest BCUT2D eigenvalue weighted by molar-refractivity contribution is 8.01. The molecule has 0 bridgehead atoms. The van der Waals surface area contributed by atoms with Crippen LogP contribution < -0.4 is 10.6 Å². The molecule has 0 saturated heterocycles. The third kappa shape index (κ3) is 5.02. The van der Waals surface area contributed by atoms with Gasteiger partial charge in [0.2, 0.25) is 11.0 Å². The molecular weight excluding hydrogens is 405 g/mol. The minimum Gasteiger partial charge on any atom is -0.328 e. The van der Waals surface area contributed by atoms with Crippen LogP contribution in [-0.2, 0) is 4.79 Å². The fourth-order valence-electron chi connectivity index (χ4n) is 2.20. The number of halogens is 1. The summed E-state index contributed by atoms with van der Waals surface area (Å²) in [5.41, 5.74) is 1.09. The van der Waals surface area contributed by atoms with Gasteiger partial charge in [-0.1, -0.05) is 41.3 Å². The normalized spacial score (nSPS) is 10.5. The zero-order valence-corrected chi connectivity index (χ0v) is 16.1. The van der Waals surface area contributed by atoms with Crippen LogP contribution in [0.2, 0.25) is 0 Å². The van der Waals surface area contributed by atoms with Crippen molar-refractivity contribution in [3.05, 3.63) is 64.0 Å². The molecule has 1 aromatic heterocycles. The number of nitro groups is 1. The Morgan fingerprint density at radius 2 is 2.07 bits per heavy atom. The first-order chi connectivity index (χ1) is 13.4. The maximum Gasteiger partial charge on any atom is 0.274 e. The molecule has 8 nitrogen and oxygen atoms in total.